The lowest BCUT2D eigenvalue weighted by Gasteiger charge is -2.30. The molecule has 2 aliphatic heterocycles. The van der Waals surface area contributed by atoms with Gasteiger partial charge in [-0.2, -0.15) is 0 Å². The molecule has 42 heavy (non-hydrogen) atoms. The van der Waals surface area contributed by atoms with E-state index in [0.717, 1.165) is 24.8 Å². The van der Waals surface area contributed by atoms with Crippen LogP contribution in [0.3, 0.4) is 0 Å². The molecule has 2 aromatic rings. The fraction of sp³-hybridized carbons (Fsp3) is 0.632. The van der Waals surface area contributed by atoms with Crippen molar-refractivity contribution in [1.82, 2.24) is 0 Å². The third-order valence-electron chi connectivity index (χ3n) is 10.5. The molecule has 2 fully saturated rings. The molecule has 2 atom stereocenters. The van der Waals surface area contributed by atoms with Crippen molar-refractivity contribution in [3.05, 3.63) is 59.7 Å². The van der Waals surface area contributed by atoms with Crippen molar-refractivity contribution < 1.29 is 0 Å². The van der Waals surface area contributed by atoms with Gasteiger partial charge in [0.2, 0.25) is 0 Å². The molecule has 6 rings (SSSR count). The van der Waals surface area contributed by atoms with E-state index in [2.05, 4.69) is 99.9 Å². The minimum atomic E-state index is 0.103. The summed E-state index contributed by atoms with van der Waals surface area (Å²) in [4.78, 5) is 16.4. The van der Waals surface area contributed by atoms with E-state index in [1.165, 1.54) is 86.7 Å². The van der Waals surface area contributed by atoms with Crippen molar-refractivity contribution in [3.8, 4) is 0 Å². The standard InChI is InChI=1S/C38H54N4/c1-37(2,3)29-19-13-21-31(23-29)41-25-33(27-15-9-7-10-16-27)39-35(41)36-40-34(28-17-11-8-12-18-28)26-42(36)32-22-14-20-30(24-32)38(4,5)6/h13-14,19-24,27-28,33-34H,7-12,15-18,25-26H2,1-6H3/t33-,34-/m0/s1. The Morgan fingerprint density at radius 3 is 1.29 bits per heavy atom. The lowest BCUT2D eigenvalue weighted by molar-refractivity contribution is 0.315. The molecule has 0 N–H and O–H groups in total. The Kier molecular flexibility index (Phi) is 8.28. The molecule has 0 amide bonds. The van der Waals surface area contributed by atoms with Crippen LogP contribution in [0.1, 0.15) is 117 Å². The van der Waals surface area contributed by atoms with Gasteiger partial charge in [-0.25, -0.2) is 0 Å². The Morgan fingerprint density at radius 1 is 0.548 bits per heavy atom. The number of nitrogens with zero attached hydrogens (tertiary/aromatic N) is 4. The van der Waals surface area contributed by atoms with Crippen LogP contribution in [0.5, 0.6) is 0 Å². The number of hydrogen-bond donors (Lipinski definition) is 0. The van der Waals surface area contributed by atoms with Crippen molar-refractivity contribution >= 4 is 23.0 Å². The van der Waals surface area contributed by atoms with Gasteiger partial charge in [0.15, 0.2) is 11.7 Å². The number of anilines is 2. The summed E-state index contributed by atoms with van der Waals surface area (Å²) in [6.45, 7) is 15.8. The van der Waals surface area contributed by atoms with Gasteiger partial charge in [-0.15, -0.1) is 0 Å². The monoisotopic (exact) mass is 566 g/mol. The zero-order chi connectivity index (χ0) is 29.5. The van der Waals surface area contributed by atoms with Crippen LogP contribution in [0.2, 0.25) is 0 Å². The number of rotatable bonds is 5. The topological polar surface area (TPSA) is 31.2 Å². The van der Waals surface area contributed by atoms with E-state index in [9.17, 15) is 0 Å². The Balaban J connectivity index is 1.43. The molecule has 0 unspecified atom stereocenters. The first-order chi connectivity index (χ1) is 20.1. The maximum absolute atomic E-state index is 5.64. The summed E-state index contributed by atoms with van der Waals surface area (Å²) in [6.07, 6.45) is 13.4. The highest BCUT2D eigenvalue weighted by atomic mass is 15.4. The molecule has 2 saturated carbocycles. The molecule has 0 spiro atoms. The first kappa shape index (κ1) is 29.5. The smallest absolute Gasteiger partial charge is 0.172 e. The van der Waals surface area contributed by atoms with Crippen LogP contribution < -0.4 is 9.80 Å². The predicted octanol–water partition coefficient (Wildman–Crippen LogP) is 9.32. The van der Waals surface area contributed by atoms with Gasteiger partial charge in [-0.1, -0.05) is 104 Å². The Hall–Kier alpha value is -2.62. The maximum Gasteiger partial charge on any atom is 0.172 e. The zero-order valence-electron chi connectivity index (χ0n) is 27.2. The van der Waals surface area contributed by atoms with Gasteiger partial charge < -0.3 is 9.80 Å². The lowest BCUT2D eigenvalue weighted by atomic mass is 9.84. The van der Waals surface area contributed by atoms with Gasteiger partial charge in [0.05, 0.1) is 12.1 Å². The molecule has 2 aliphatic carbocycles. The number of benzene rings is 2. The molecule has 0 saturated heterocycles. The number of aliphatic imine (C=N–C) groups is 2. The Labute approximate surface area is 255 Å². The second kappa shape index (κ2) is 11.8. The average Bonchev–Trinajstić information content (AvgIpc) is 3.63. The number of hydrogen-bond acceptors (Lipinski definition) is 4. The molecular weight excluding hydrogens is 512 g/mol. The van der Waals surface area contributed by atoms with E-state index in [4.69, 9.17) is 9.98 Å². The molecule has 2 heterocycles. The largest absolute Gasteiger partial charge is 0.321 e. The SMILES string of the molecule is CC(C)(C)c1cccc(N2C[C@@H](C3CCCCC3)N=C2C2=N[C@H](C3CCCCC3)CN2c2cccc(C(C)(C)C)c2)c1. The van der Waals surface area contributed by atoms with E-state index in [0.29, 0.717) is 23.9 Å². The van der Waals surface area contributed by atoms with Crippen LogP contribution in [-0.2, 0) is 10.8 Å². The molecular formula is C38H54N4. The molecule has 4 nitrogen and oxygen atoms in total. The average molecular weight is 567 g/mol. The van der Waals surface area contributed by atoms with Crippen molar-refractivity contribution in [2.75, 3.05) is 22.9 Å². The molecule has 4 aliphatic rings. The van der Waals surface area contributed by atoms with E-state index in [1.54, 1.807) is 0 Å². The van der Waals surface area contributed by atoms with Gasteiger partial charge in [0.25, 0.3) is 0 Å². The van der Waals surface area contributed by atoms with Crippen LogP contribution in [0.4, 0.5) is 11.4 Å². The highest BCUT2D eigenvalue weighted by molar-refractivity contribution is 6.50. The fourth-order valence-electron chi connectivity index (χ4n) is 7.72. The summed E-state index contributed by atoms with van der Waals surface area (Å²) in [7, 11) is 0. The molecule has 4 heteroatoms. The normalized spacial score (nSPS) is 24.7. The van der Waals surface area contributed by atoms with E-state index >= 15 is 0 Å². The van der Waals surface area contributed by atoms with Crippen molar-refractivity contribution in [3.63, 3.8) is 0 Å². The third kappa shape index (κ3) is 6.19. The van der Waals surface area contributed by atoms with Crippen LogP contribution in [0.25, 0.3) is 0 Å². The molecule has 2 aromatic carbocycles. The van der Waals surface area contributed by atoms with Gasteiger partial charge in [-0.05, 0) is 83.7 Å². The minimum Gasteiger partial charge on any atom is -0.321 e. The highest BCUT2D eigenvalue weighted by Crippen LogP contribution is 2.38. The maximum atomic E-state index is 5.64. The molecule has 0 aromatic heterocycles. The van der Waals surface area contributed by atoms with Gasteiger partial charge in [0.1, 0.15) is 0 Å². The minimum absolute atomic E-state index is 0.103. The zero-order valence-corrected chi connectivity index (χ0v) is 27.2. The molecule has 226 valence electrons. The first-order valence-corrected chi connectivity index (χ1v) is 17.0. The Morgan fingerprint density at radius 2 is 0.929 bits per heavy atom. The highest BCUT2D eigenvalue weighted by Gasteiger charge is 2.41. The van der Waals surface area contributed by atoms with Gasteiger partial charge in [-0.3, -0.25) is 9.98 Å². The second-order valence-electron chi connectivity index (χ2n) is 15.7. The van der Waals surface area contributed by atoms with Crippen molar-refractivity contribution in [2.24, 2.45) is 21.8 Å². The number of amidine groups is 2. The van der Waals surface area contributed by atoms with Gasteiger partial charge >= 0.3 is 0 Å². The predicted molar refractivity (Wildman–Crippen MR) is 181 cm³/mol. The van der Waals surface area contributed by atoms with Crippen LogP contribution >= 0.6 is 0 Å². The summed E-state index contributed by atoms with van der Waals surface area (Å²) in [6, 6.07) is 19.2. The lowest BCUT2D eigenvalue weighted by Crippen LogP contribution is -2.43. The van der Waals surface area contributed by atoms with Crippen LogP contribution in [0.15, 0.2) is 58.5 Å². The summed E-state index contributed by atoms with van der Waals surface area (Å²) in [5.41, 5.74) is 5.50. The first-order valence-electron chi connectivity index (χ1n) is 17.0. The summed E-state index contributed by atoms with van der Waals surface area (Å²) < 4.78 is 0. The van der Waals surface area contributed by atoms with Crippen molar-refractivity contribution in [2.45, 2.75) is 129 Å². The van der Waals surface area contributed by atoms with Crippen molar-refractivity contribution in [1.29, 1.82) is 0 Å². The molecule has 0 bridgehead atoms. The molecule has 0 radical (unpaired) electrons. The summed E-state index contributed by atoms with van der Waals surface area (Å²) in [5.74, 6) is 3.57. The van der Waals surface area contributed by atoms with Gasteiger partial charge in [0, 0.05) is 24.5 Å². The van der Waals surface area contributed by atoms with E-state index in [-0.39, 0.29) is 10.8 Å². The third-order valence-corrected chi connectivity index (χ3v) is 10.5. The van der Waals surface area contributed by atoms with Crippen LogP contribution in [-0.4, -0.2) is 36.8 Å². The quantitative estimate of drug-likeness (QED) is 0.361. The summed E-state index contributed by atoms with van der Waals surface area (Å²) in [5, 5.41) is 0. The Bertz CT molecular complexity index is 1200. The van der Waals surface area contributed by atoms with Crippen LogP contribution in [0, 0.1) is 11.8 Å². The van der Waals surface area contributed by atoms with E-state index in [1.807, 2.05) is 0 Å². The fourth-order valence-corrected chi connectivity index (χ4v) is 7.72. The van der Waals surface area contributed by atoms with E-state index < -0.39 is 0 Å². The summed E-state index contributed by atoms with van der Waals surface area (Å²) >= 11 is 0. The second-order valence-corrected chi connectivity index (χ2v) is 15.7.